The van der Waals surface area contributed by atoms with E-state index in [4.69, 9.17) is 14.3 Å². The molecule has 1 N–H and O–H groups in total. The average molecular weight is 255 g/mol. The minimum atomic E-state index is -0.0245. The van der Waals surface area contributed by atoms with Gasteiger partial charge in [-0.05, 0) is 32.1 Å². The second-order valence-electron chi connectivity index (χ2n) is 5.56. The van der Waals surface area contributed by atoms with Gasteiger partial charge in [0.25, 0.3) is 0 Å². The molecule has 2 bridgehead atoms. The maximum atomic E-state index is 12.0. The van der Waals surface area contributed by atoms with Crippen molar-refractivity contribution in [3.63, 3.8) is 0 Å². The summed E-state index contributed by atoms with van der Waals surface area (Å²) in [6, 6.07) is 0. The number of fused-ring (bicyclic) bond motifs is 2. The maximum absolute atomic E-state index is 12.0. The zero-order valence-electron chi connectivity index (χ0n) is 10.6. The van der Waals surface area contributed by atoms with Crippen molar-refractivity contribution in [1.29, 1.82) is 0 Å². The summed E-state index contributed by atoms with van der Waals surface area (Å²) in [5, 5.41) is 0. The molecule has 5 heteroatoms. The molecule has 18 heavy (non-hydrogen) atoms. The monoisotopic (exact) mass is 255 g/mol. The highest BCUT2D eigenvalue weighted by Crippen LogP contribution is 2.36. The van der Waals surface area contributed by atoms with Crippen molar-refractivity contribution in [2.24, 2.45) is 11.8 Å². The number of rotatable bonds is 4. The van der Waals surface area contributed by atoms with E-state index in [0.29, 0.717) is 18.6 Å². The summed E-state index contributed by atoms with van der Waals surface area (Å²) < 4.78 is 11.0. The SMILES string of the molecule is O=C(NOCC1CCOC1)[C@@H]1CC[C@H]2CC[C@H]1O2. The van der Waals surface area contributed by atoms with Gasteiger partial charge in [0.1, 0.15) is 0 Å². The van der Waals surface area contributed by atoms with Gasteiger partial charge >= 0.3 is 0 Å². The average Bonchev–Trinajstić information content (AvgIpc) is 3.00. The molecular formula is C13H21NO4. The van der Waals surface area contributed by atoms with Crippen LogP contribution in [-0.4, -0.2) is 37.9 Å². The first-order valence-electron chi connectivity index (χ1n) is 6.98. The topological polar surface area (TPSA) is 56.8 Å². The number of hydrogen-bond acceptors (Lipinski definition) is 4. The second kappa shape index (κ2) is 5.55. The number of hydroxylamine groups is 1. The van der Waals surface area contributed by atoms with Crippen LogP contribution in [0, 0.1) is 11.8 Å². The third-order valence-electron chi connectivity index (χ3n) is 4.24. The molecule has 1 amide bonds. The Labute approximate surface area is 107 Å². The third-order valence-corrected chi connectivity index (χ3v) is 4.24. The smallest absolute Gasteiger partial charge is 0.249 e. The Kier molecular flexibility index (Phi) is 3.82. The molecule has 3 saturated heterocycles. The lowest BCUT2D eigenvalue weighted by molar-refractivity contribution is -0.147. The van der Waals surface area contributed by atoms with Crippen molar-refractivity contribution in [2.75, 3.05) is 19.8 Å². The van der Waals surface area contributed by atoms with Crippen molar-refractivity contribution >= 4 is 5.91 Å². The van der Waals surface area contributed by atoms with Gasteiger partial charge in [-0.15, -0.1) is 0 Å². The summed E-state index contributed by atoms with van der Waals surface area (Å²) in [5.41, 5.74) is 2.59. The van der Waals surface area contributed by atoms with Crippen LogP contribution in [0.2, 0.25) is 0 Å². The van der Waals surface area contributed by atoms with Crippen LogP contribution >= 0.6 is 0 Å². The summed E-state index contributed by atoms with van der Waals surface area (Å²) in [6.07, 6.45) is 5.58. The first kappa shape index (κ1) is 12.4. The molecule has 0 aromatic carbocycles. The van der Waals surface area contributed by atoms with Crippen LogP contribution in [0.1, 0.15) is 32.1 Å². The molecule has 1 unspecified atom stereocenters. The van der Waals surface area contributed by atoms with Crippen LogP contribution in [-0.2, 0) is 19.1 Å². The Hall–Kier alpha value is -0.650. The van der Waals surface area contributed by atoms with Crippen molar-refractivity contribution in [1.82, 2.24) is 5.48 Å². The van der Waals surface area contributed by atoms with E-state index in [1.165, 1.54) is 0 Å². The minimum absolute atomic E-state index is 0.0146. The Bertz CT molecular complexity index is 303. The fourth-order valence-corrected chi connectivity index (χ4v) is 3.11. The zero-order valence-corrected chi connectivity index (χ0v) is 10.6. The molecule has 0 spiro atoms. The van der Waals surface area contributed by atoms with Crippen molar-refractivity contribution in [3.8, 4) is 0 Å². The van der Waals surface area contributed by atoms with Crippen molar-refractivity contribution in [2.45, 2.75) is 44.3 Å². The molecule has 0 aliphatic carbocycles. The molecule has 0 aromatic rings. The lowest BCUT2D eigenvalue weighted by atomic mass is 9.95. The lowest BCUT2D eigenvalue weighted by Crippen LogP contribution is -2.40. The Morgan fingerprint density at radius 1 is 1.22 bits per heavy atom. The second-order valence-corrected chi connectivity index (χ2v) is 5.56. The molecule has 3 aliphatic heterocycles. The van der Waals surface area contributed by atoms with E-state index in [9.17, 15) is 4.79 Å². The van der Waals surface area contributed by atoms with Gasteiger partial charge in [-0.2, -0.15) is 0 Å². The first-order chi connectivity index (χ1) is 8.83. The van der Waals surface area contributed by atoms with Crippen molar-refractivity contribution in [3.05, 3.63) is 0 Å². The van der Waals surface area contributed by atoms with Gasteiger partial charge < -0.3 is 9.47 Å². The van der Waals surface area contributed by atoms with Gasteiger partial charge in [-0.1, -0.05) is 0 Å². The summed E-state index contributed by atoms with van der Waals surface area (Å²) >= 11 is 0. The van der Waals surface area contributed by atoms with Crippen molar-refractivity contribution < 1.29 is 19.1 Å². The highest BCUT2D eigenvalue weighted by atomic mass is 16.7. The summed E-state index contributed by atoms with van der Waals surface area (Å²) in [7, 11) is 0. The number of carbonyl (C=O) groups excluding carboxylic acids is 1. The van der Waals surface area contributed by atoms with E-state index in [1.54, 1.807) is 0 Å². The van der Waals surface area contributed by atoms with E-state index < -0.39 is 0 Å². The quantitative estimate of drug-likeness (QED) is 0.762. The molecule has 102 valence electrons. The van der Waals surface area contributed by atoms with Crippen LogP contribution in [0.5, 0.6) is 0 Å². The molecule has 3 aliphatic rings. The number of amides is 1. The number of carbonyl (C=O) groups is 1. The van der Waals surface area contributed by atoms with E-state index in [1.807, 2.05) is 0 Å². The van der Waals surface area contributed by atoms with Gasteiger partial charge in [0, 0.05) is 12.5 Å². The molecule has 0 radical (unpaired) electrons. The Morgan fingerprint density at radius 3 is 2.94 bits per heavy atom. The highest BCUT2D eigenvalue weighted by molar-refractivity contribution is 5.78. The predicted octanol–water partition coefficient (Wildman–Crippen LogP) is 1.03. The van der Waals surface area contributed by atoms with Crippen LogP contribution in [0.4, 0.5) is 0 Å². The van der Waals surface area contributed by atoms with E-state index >= 15 is 0 Å². The molecule has 4 atom stereocenters. The molecular weight excluding hydrogens is 234 g/mol. The first-order valence-corrected chi connectivity index (χ1v) is 6.98. The predicted molar refractivity (Wildman–Crippen MR) is 63.6 cm³/mol. The largest absolute Gasteiger partial charge is 0.381 e. The molecule has 0 saturated carbocycles. The molecule has 3 rings (SSSR count). The number of ether oxygens (including phenoxy) is 2. The Balaban J connectivity index is 1.40. The standard InChI is InChI=1S/C13H21NO4/c15-13(14-17-8-9-5-6-16-7-9)11-3-1-10-2-4-12(11)18-10/h9-12H,1-8H2,(H,14,15)/t9?,10-,11+,12+/m0/s1. The van der Waals surface area contributed by atoms with Crippen LogP contribution in [0.15, 0.2) is 0 Å². The van der Waals surface area contributed by atoms with E-state index in [2.05, 4.69) is 5.48 Å². The maximum Gasteiger partial charge on any atom is 0.249 e. The third kappa shape index (κ3) is 2.68. The van der Waals surface area contributed by atoms with E-state index in [-0.39, 0.29) is 17.9 Å². The van der Waals surface area contributed by atoms with Gasteiger partial charge in [0.05, 0.1) is 31.3 Å². The molecule has 5 nitrogen and oxygen atoms in total. The lowest BCUT2D eigenvalue weighted by Gasteiger charge is -2.28. The van der Waals surface area contributed by atoms with Crippen LogP contribution in [0.3, 0.4) is 0 Å². The molecule has 3 fully saturated rings. The molecule has 3 heterocycles. The summed E-state index contributed by atoms with van der Waals surface area (Å²) in [4.78, 5) is 17.3. The fraction of sp³-hybridized carbons (Fsp3) is 0.923. The fourth-order valence-electron chi connectivity index (χ4n) is 3.11. The van der Waals surface area contributed by atoms with Crippen LogP contribution < -0.4 is 5.48 Å². The normalized spacial score (nSPS) is 38.9. The number of hydrogen-bond donors (Lipinski definition) is 1. The minimum Gasteiger partial charge on any atom is -0.381 e. The Morgan fingerprint density at radius 2 is 2.11 bits per heavy atom. The number of nitrogens with one attached hydrogen (secondary N) is 1. The van der Waals surface area contributed by atoms with Gasteiger partial charge in [-0.25, -0.2) is 5.48 Å². The molecule has 0 aromatic heterocycles. The van der Waals surface area contributed by atoms with Gasteiger partial charge in [-0.3, -0.25) is 9.63 Å². The van der Waals surface area contributed by atoms with Crippen LogP contribution in [0.25, 0.3) is 0 Å². The summed E-state index contributed by atoms with van der Waals surface area (Å²) in [5.74, 6) is 0.381. The van der Waals surface area contributed by atoms with Gasteiger partial charge in [0.15, 0.2) is 0 Å². The summed E-state index contributed by atoms with van der Waals surface area (Å²) in [6.45, 7) is 2.10. The highest BCUT2D eigenvalue weighted by Gasteiger charge is 2.40. The van der Waals surface area contributed by atoms with E-state index in [0.717, 1.165) is 45.3 Å². The zero-order chi connectivity index (χ0) is 12.4. The van der Waals surface area contributed by atoms with Gasteiger partial charge in [0.2, 0.25) is 5.91 Å².